The van der Waals surface area contributed by atoms with Crippen molar-refractivity contribution >= 4 is 12.0 Å². The van der Waals surface area contributed by atoms with Gasteiger partial charge in [-0.05, 0) is 12.1 Å². The van der Waals surface area contributed by atoms with Crippen LogP contribution in [0.4, 0.5) is 4.79 Å². The van der Waals surface area contributed by atoms with Crippen LogP contribution in [0.1, 0.15) is 18.3 Å². The Morgan fingerprint density at radius 1 is 1.60 bits per heavy atom. The highest BCUT2D eigenvalue weighted by Gasteiger charge is 2.22. The quantitative estimate of drug-likeness (QED) is 0.751. The molecule has 80 valence electrons. The minimum absolute atomic E-state index is 0.228. The van der Waals surface area contributed by atoms with Crippen molar-refractivity contribution in [1.29, 1.82) is 0 Å². The number of amides is 2. The van der Waals surface area contributed by atoms with E-state index in [1.807, 2.05) is 0 Å². The maximum atomic E-state index is 10.7. The molecule has 7 nitrogen and oxygen atoms in total. The number of nitrogens with two attached hydrogens (primary N) is 1. The van der Waals surface area contributed by atoms with Crippen LogP contribution in [0.3, 0.4) is 0 Å². The van der Waals surface area contributed by atoms with E-state index in [0.29, 0.717) is 0 Å². The second kappa shape index (κ2) is 4.89. The van der Waals surface area contributed by atoms with Crippen molar-refractivity contribution in [3.05, 3.63) is 29.1 Å². The van der Waals surface area contributed by atoms with Crippen molar-refractivity contribution in [2.45, 2.75) is 12.5 Å². The topological polar surface area (TPSA) is 112 Å². The van der Waals surface area contributed by atoms with Gasteiger partial charge in [-0.3, -0.25) is 4.79 Å². The lowest BCUT2D eigenvalue weighted by molar-refractivity contribution is -0.120. The lowest BCUT2D eigenvalue weighted by Gasteiger charge is -2.11. The van der Waals surface area contributed by atoms with Gasteiger partial charge in [-0.1, -0.05) is 0 Å². The summed E-state index contributed by atoms with van der Waals surface area (Å²) in [5.41, 5.74) is 4.79. The van der Waals surface area contributed by atoms with Crippen LogP contribution in [-0.4, -0.2) is 12.0 Å². The van der Waals surface area contributed by atoms with Crippen LogP contribution in [0.2, 0.25) is 0 Å². The Balaban J connectivity index is 2.74. The molecule has 0 saturated carbocycles. The van der Waals surface area contributed by atoms with Gasteiger partial charge in [-0.2, -0.15) is 0 Å². The van der Waals surface area contributed by atoms with E-state index in [0.717, 1.165) is 0 Å². The van der Waals surface area contributed by atoms with Gasteiger partial charge in [0.25, 0.3) is 5.91 Å². The van der Waals surface area contributed by atoms with Crippen molar-refractivity contribution in [1.82, 2.24) is 0 Å². The van der Waals surface area contributed by atoms with E-state index in [1.165, 1.54) is 12.3 Å². The van der Waals surface area contributed by atoms with Crippen molar-refractivity contribution in [2.75, 3.05) is 0 Å². The number of carbonyl (C=O) groups is 2. The first kappa shape index (κ1) is 10.9. The molecule has 1 heterocycles. The van der Waals surface area contributed by atoms with E-state index >= 15 is 0 Å². The van der Waals surface area contributed by atoms with Crippen molar-refractivity contribution < 1.29 is 18.7 Å². The number of primary amides is 1. The molecule has 0 aromatic carbocycles. The second-order valence-electron chi connectivity index (χ2n) is 2.63. The molecular weight excluding hydrogens is 204 g/mol. The SMILES string of the molecule is NC(=O)OC(CC(=O)N=O)c1ccco1. The second-order valence-corrected chi connectivity index (χ2v) is 2.63. The first-order chi connectivity index (χ1) is 7.13. The summed E-state index contributed by atoms with van der Waals surface area (Å²) in [7, 11) is 0. The van der Waals surface area contributed by atoms with Crippen LogP contribution in [0.25, 0.3) is 0 Å². The van der Waals surface area contributed by atoms with E-state index in [-0.39, 0.29) is 12.2 Å². The predicted molar refractivity (Wildman–Crippen MR) is 47.5 cm³/mol. The molecule has 0 fully saturated rings. The number of furan rings is 1. The van der Waals surface area contributed by atoms with Gasteiger partial charge in [0, 0.05) is 5.18 Å². The van der Waals surface area contributed by atoms with Gasteiger partial charge in [-0.25, -0.2) is 4.79 Å². The number of nitroso groups, excluding NO2 is 1. The number of ether oxygens (including phenoxy) is 1. The largest absolute Gasteiger partial charge is 0.465 e. The van der Waals surface area contributed by atoms with Gasteiger partial charge in [0.2, 0.25) is 0 Å². The zero-order valence-corrected chi connectivity index (χ0v) is 7.58. The van der Waals surface area contributed by atoms with Crippen LogP contribution in [0.5, 0.6) is 0 Å². The van der Waals surface area contributed by atoms with E-state index in [1.54, 1.807) is 6.07 Å². The summed E-state index contributed by atoms with van der Waals surface area (Å²) in [6, 6.07) is 3.04. The Morgan fingerprint density at radius 3 is 2.80 bits per heavy atom. The molecule has 1 aromatic heterocycles. The molecule has 0 aliphatic carbocycles. The summed E-state index contributed by atoms with van der Waals surface area (Å²) in [6.07, 6.45) is -1.12. The Bertz CT molecular complexity index is 359. The van der Waals surface area contributed by atoms with Gasteiger partial charge >= 0.3 is 6.09 Å². The predicted octanol–water partition coefficient (Wildman–Crippen LogP) is 1.10. The highest BCUT2D eigenvalue weighted by molar-refractivity contribution is 5.77. The average Bonchev–Trinajstić information content (AvgIpc) is 2.68. The van der Waals surface area contributed by atoms with E-state index in [2.05, 4.69) is 9.91 Å². The van der Waals surface area contributed by atoms with Crippen LogP contribution >= 0.6 is 0 Å². The Kier molecular flexibility index (Phi) is 3.55. The molecule has 0 radical (unpaired) electrons. The molecule has 15 heavy (non-hydrogen) atoms. The van der Waals surface area contributed by atoms with Gasteiger partial charge in [0.15, 0.2) is 6.10 Å². The molecule has 2 N–H and O–H groups in total. The monoisotopic (exact) mass is 212 g/mol. The summed E-state index contributed by atoms with van der Waals surface area (Å²) >= 11 is 0. The molecule has 1 atom stereocenters. The summed E-state index contributed by atoms with van der Waals surface area (Å²) < 4.78 is 9.51. The zero-order valence-electron chi connectivity index (χ0n) is 7.58. The van der Waals surface area contributed by atoms with Crippen molar-refractivity contribution in [2.24, 2.45) is 10.9 Å². The van der Waals surface area contributed by atoms with Crippen LogP contribution in [0, 0.1) is 4.91 Å². The summed E-state index contributed by atoms with van der Waals surface area (Å²) in [5.74, 6) is -0.719. The lowest BCUT2D eigenvalue weighted by Crippen LogP contribution is -2.18. The van der Waals surface area contributed by atoms with Gasteiger partial charge in [0.05, 0.1) is 12.7 Å². The molecule has 7 heteroatoms. The smallest absolute Gasteiger partial charge is 0.405 e. The summed E-state index contributed by atoms with van der Waals surface area (Å²) in [4.78, 5) is 31.2. The van der Waals surface area contributed by atoms with Crippen molar-refractivity contribution in [3.63, 3.8) is 0 Å². The first-order valence-corrected chi connectivity index (χ1v) is 3.99. The summed E-state index contributed by atoms with van der Waals surface area (Å²) in [6.45, 7) is 0. The third-order valence-electron chi connectivity index (χ3n) is 1.58. The van der Waals surface area contributed by atoms with Crippen LogP contribution in [0.15, 0.2) is 28.0 Å². The molecule has 0 aliphatic heterocycles. The first-order valence-electron chi connectivity index (χ1n) is 3.99. The Hall–Kier alpha value is -2.18. The van der Waals surface area contributed by atoms with E-state index in [4.69, 9.17) is 10.2 Å². The standard InChI is InChI=1S/C8H8N2O5/c9-8(12)15-6(4-7(11)10-13)5-2-1-3-14-5/h1-3,6H,4H2,(H2,9,12). The molecule has 1 aromatic rings. The minimum atomic E-state index is -1.06. The molecule has 0 bridgehead atoms. The maximum Gasteiger partial charge on any atom is 0.405 e. The number of hydrogen-bond acceptors (Lipinski definition) is 5. The fourth-order valence-corrected chi connectivity index (χ4v) is 1.01. The normalized spacial score (nSPS) is 11.7. The minimum Gasteiger partial charge on any atom is -0.465 e. The van der Waals surface area contributed by atoms with Gasteiger partial charge < -0.3 is 14.9 Å². The third kappa shape index (κ3) is 3.22. The highest BCUT2D eigenvalue weighted by atomic mass is 16.6. The lowest BCUT2D eigenvalue weighted by atomic mass is 10.2. The maximum absolute atomic E-state index is 10.7. The van der Waals surface area contributed by atoms with Gasteiger partial charge in [-0.15, -0.1) is 4.91 Å². The average molecular weight is 212 g/mol. The van der Waals surface area contributed by atoms with Crippen LogP contribution < -0.4 is 5.73 Å². The fraction of sp³-hybridized carbons (Fsp3) is 0.250. The number of nitrogens with zero attached hydrogens (tertiary/aromatic N) is 1. The number of hydrogen-bond donors (Lipinski definition) is 1. The van der Waals surface area contributed by atoms with Gasteiger partial charge in [0.1, 0.15) is 5.76 Å². The molecule has 2 amide bonds. The van der Waals surface area contributed by atoms with E-state index < -0.39 is 18.1 Å². The van der Waals surface area contributed by atoms with Crippen LogP contribution in [-0.2, 0) is 9.53 Å². The fourth-order valence-electron chi connectivity index (χ4n) is 1.01. The van der Waals surface area contributed by atoms with Crippen molar-refractivity contribution in [3.8, 4) is 0 Å². The summed E-state index contributed by atoms with van der Waals surface area (Å²) in [5, 5.41) is 2.18. The molecule has 1 rings (SSSR count). The molecular formula is C8H8N2O5. The molecule has 0 saturated heterocycles. The number of rotatable bonds is 4. The number of carbonyl (C=O) groups excluding carboxylic acids is 2. The zero-order chi connectivity index (χ0) is 11.3. The van der Waals surface area contributed by atoms with E-state index in [9.17, 15) is 14.5 Å². The molecule has 0 spiro atoms. The molecule has 0 aliphatic rings. The Morgan fingerprint density at radius 2 is 2.33 bits per heavy atom. The molecule has 1 unspecified atom stereocenters. The highest BCUT2D eigenvalue weighted by Crippen LogP contribution is 2.21. The Labute approximate surface area is 84.2 Å². The third-order valence-corrected chi connectivity index (χ3v) is 1.58.